The molecule has 3 aliphatic rings. The van der Waals surface area contributed by atoms with Gasteiger partial charge in [0, 0.05) is 37.5 Å². The minimum atomic E-state index is -0.951. The monoisotopic (exact) mass is 617 g/mol. The molecule has 0 spiro atoms. The SMILES string of the molecule is CC(C)C[C@@H]1NC(=O)[C@@H](Cc2ccccc2)NC(=O)c2ccc(cc2)CN(C(=O)C2CCC2)CCCCNC(=O)[C@@H](C)NC1=O. The summed E-state index contributed by atoms with van der Waals surface area (Å²) in [6.45, 7) is 6.92. The van der Waals surface area contributed by atoms with E-state index in [0.717, 1.165) is 30.4 Å². The lowest BCUT2D eigenvalue weighted by atomic mass is 9.84. The third-order valence-corrected chi connectivity index (χ3v) is 8.51. The molecule has 10 nitrogen and oxygen atoms in total. The maximum Gasteiger partial charge on any atom is 0.251 e. The lowest BCUT2D eigenvalue weighted by molar-refractivity contribution is -0.139. The fourth-order valence-corrected chi connectivity index (χ4v) is 5.61. The molecular formula is C35H47N5O5. The van der Waals surface area contributed by atoms with Crippen LogP contribution in [0.25, 0.3) is 0 Å². The summed E-state index contributed by atoms with van der Waals surface area (Å²) in [5.74, 6) is -1.40. The molecule has 1 saturated carbocycles. The van der Waals surface area contributed by atoms with Gasteiger partial charge in [0.15, 0.2) is 0 Å². The average molecular weight is 618 g/mol. The van der Waals surface area contributed by atoms with Crippen LogP contribution < -0.4 is 21.3 Å². The van der Waals surface area contributed by atoms with E-state index in [0.29, 0.717) is 44.5 Å². The molecule has 2 aliphatic heterocycles. The summed E-state index contributed by atoms with van der Waals surface area (Å²) >= 11 is 0. The number of rotatable bonds is 5. The zero-order valence-electron chi connectivity index (χ0n) is 26.6. The molecule has 2 aromatic rings. The Morgan fingerprint density at radius 1 is 0.822 bits per heavy atom. The molecule has 0 aromatic heterocycles. The molecule has 0 radical (unpaired) electrons. The molecule has 242 valence electrons. The van der Waals surface area contributed by atoms with Crippen molar-refractivity contribution < 1.29 is 24.0 Å². The second-order valence-corrected chi connectivity index (χ2v) is 12.7. The molecule has 5 rings (SSSR count). The van der Waals surface area contributed by atoms with Crippen molar-refractivity contribution in [2.75, 3.05) is 13.1 Å². The summed E-state index contributed by atoms with van der Waals surface area (Å²) in [7, 11) is 0. The Hall–Kier alpha value is -4.21. The lowest BCUT2D eigenvalue weighted by Gasteiger charge is -2.32. The second-order valence-electron chi connectivity index (χ2n) is 12.7. The van der Waals surface area contributed by atoms with Gasteiger partial charge in [-0.25, -0.2) is 0 Å². The van der Waals surface area contributed by atoms with Crippen LogP contribution in [-0.2, 0) is 32.1 Å². The molecule has 5 amide bonds. The standard InChI is InChI=1S/C35H47N5O5/c1-23(2)20-29-33(43)37-24(3)31(41)36-18-7-8-19-40(35(45)28-12-9-13-28)22-26-14-16-27(17-15-26)32(42)38-30(34(44)39-29)21-25-10-5-4-6-11-25/h4-6,10-11,14-17,23-24,28-30H,7-9,12-13,18-22H2,1-3H3,(H,36,41)(H,37,43)(H,38,42)(H,39,44)/t24-,29+,30-/m1/s1. The molecule has 1 fully saturated rings. The molecule has 2 heterocycles. The molecule has 2 bridgehead atoms. The number of hydrogen-bond donors (Lipinski definition) is 4. The fourth-order valence-electron chi connectivity index (χ4n) is 5.61. The van der Waals surface area contributed by atoms with Gasteiger partial charge in [-0.05, 0) is 68.2 Å². The zero-order chi connectivity index (χ0) is 32.3. The van der Waals surface area contributed by atoms with E-state index in [1.54, 1.807) is 19.1 Å². The van der Waals surface area contributed by atoms with E-state index in [9.17, 15) is 24.0 Å². The van der Waals surface area contributed by atoms with Gasteiger partial charge in [0.2, 0.25) is 23.6 Å². The van der Waals surface area contributed by atoms with E-state index in [1.165, 1.54) is 0 Å². The van der Waals surface area contributed by atoms with Gasteiger partial charge in [0.25, 0.3) is 5.91 Å². The number of hydrogen-bond acceptors (Lipinski definition) is 5. The summed E-state index contributed by atoms with van der Waals surface area (Å²) in [6.07, 6.45) is 4.85. The number of nitrogens with one attached hydrogen (secondary N) is 4. The van der Waals surface area contributed by atoms with Crippen molar-refractivity contribution >= 4 is 29.5 Å². The van der Waals surface area contributed by atoms with Gasteiger partial charge in [0.1, 0.15) is 18.1 Å². The normalized spacial score (nSPS) is 22.8. The predicted molar refractivity (Wildman–Crippen MR) is 172 cm³/mol. The van der Waals surface area contributed by atoms with Gasteiger partial charge in [-0.1, -0.05) is 62.7 Å². The first-order valence-corrected chi connectivity index (χ1v) is 16.2. The first-order chi connectivity index (χ1) is 21.6. The summed E-state index contributed by atoms with van der Waals surface area (Å²) in [6, 6.07) is 13.8. The Balaban J connectivity index is 1.59. The van der Waals surface area contributed by atoms with Crippen molar-refractivity contribution in [2.24, 2.45) is 11.8 Å². The van der Waals surface area contributed by atoms with Crippen LogP contribution >= 0.6 is 0 Å². The Labute approximate surface area is 266 Å². The van der Waals surface area contributed by atoms with Crippen molar-refractivity contribution in [2.45, 2.75) is 90.4 Å². The van der Waals surface area contributed by atoms with Gasteiger partial charge in [-0.2, -0.15) is 0 Å². The van der Waals surface area contributed by atoms with Crippen LogP contribution in [0.5, 0.6) is 0 Å². The Morgan fingerprint density at radius 3 is 2.16 bits per heavy atom. The van der Waals surface area contributed by atoms with Crippen LogP contribution in [0, 0.1) is 11.8 Å². The van der Waals surface area contributed by atoms with Gasteiger partial charge in [-0.15, -0.1) is 0 Å². The van der Waals surface area contributed by atoms with E-state index >= 15 is 0 Å². The lowest BCUT2D eigenvalue weighted by Crippen LogP contribution is -2.57. The van der Waals surface area contributed by atoms with Crippen LogP contribution in [0.15, 0.2) is 54.6 Å². The second kappa shape index (κ2) is 16.2. The molecule has 3 atom stereocenters. The molecule has 1 aliphatic carbocycles. The Bertz CT molecular complexity index is 1330. The maximum atomic E-state index is 13.7. The first-order valence-electron chi connectivity index (χ1n) is 16.2. The maximum absolute atomic E-state index is 13.7. The van der Waals surface area contributed by atoms with E-state index < -0.39 is 35.8 Å². The number of carbonyl (C=O) groups is 5. The smallest absolute Gasteiger partial charge is 0.251 e. The van der Waals surface area contributed by atoms with Crippen molar-refractivity contribution in [1.82, 2.24) is 26.2 Å². The summed E-state index contributed by atoms with van der Waals surface area (Å²) < 4.78 is 0. The van der Waals surface area contributed by atoms with Crippen LogP contribution in [0.1, 0.15) is 80.8 Å². The van der Waals surface area contributed by atoms with Crippen LogP contribution in [0.3, 0.4) is 0 Å². The highest BCUT2D eigenvalue weighted by Gasteiger charge is 2.31. The molecule has 0 unspecified atom stereocenters. The predicted octanol–water partition coefficient (Wildman–Crippen LogP) is 3.10. The van der Waals surface area contributed by atoms with E-state index in [1.807, 2.05) is 61.2 Å². The third kappa shape index (κ3) is 9.89. The Morgan fingerprint density at radius 2 is 1.51 bits per heavy atom. The van der Waals surface area contributed by atoms with E-state index in [2.05, 4.69) is 21.3 Å². The minimum Gasteiger partial charge on any atom is -0.354 e. The third-order valence-electron chi connectivity index (χ3n) is 8.51. The zero-order valence-corrected chi connectivity index (χ0v) is 26.6. The quantitative estimate of drug-likeness (QED) is 0.383. The molecule has 10 heteroatoms. The number of nitrogens with zero attached hydrogens (tertiary/aromatic N) is 1. The van der Waals surface area contributed by atoms with Crippen molar-refractivity contribution in [1.29, 1.82) is 0 Å². The van der Waals surface area contributed by atoms with E-state index in [-0.39, 0.29) is 30.1 Å². The van der Waals surface area contributed by atoms with Crippen LogP contribution in [0.4, 0.5) is 0 Å². The van der Waals surface area contributed by atoms with Gasteiger partial charge in [-0.3, -0.25) is 24.0 Å². The molecule has 2 aromatic carbocycles. The highest BCUT2D eigenvalue weighted by atomic mass is 16.2. The fraction of sp³-hybridized carbons (Fsp3) is 0.514. The van der Waals surface area contributed by atoms with Gasteiger partial charge in [0.05, 0.1) is 0 Å². The van der Waals surface area contributed by atoms with Crippen molar-refractivity contribution in [3.05, 3.63) is 71.3 Å². The number of carbonyl (C=O) groups excluding carboxylic acids is 5. The average Bonchev–Trinajstić information content (AvgIpc) is 2.98. The van der Waals surface area contributed by atoms with Crippen LogP contribution in [0.2, 0.25) is 0 Å². The topological polar surface area (TPSA) is 137 Å². The van der Waals surface area contributed by atoms with Crippen LogP contribution in [-0.4, -0.2) is 65.7 Å². The van der Waals surface area contributed by atoms with Gasteiger partial charge >= 0.3 is 0 Å². The summed E-state index contributed by atoms with van der Waals surface area (Å²) in [4.78, 5) is 68.3. The highest BCUT2D eigenvalue weighted by Crippen LogP contribution is 2.29. The molecule has 4 N–H and O–H groups in total. The molecule has 0 saturated heterocycles. The summed E-state index contributed by atoms with van der Waals surface area (Å²) in [5.41, 5.74) is 2.15. The largest absolute Gasteiger partial charge is 0.354 e. The van der Waals surface area contributed by atoms with Crippen molar-refractivity contribution in [3.63, 3.8) is 0 Å². The first kappa shape index (κ1) is 33.7. The highest BCUT2D eigenvalue weighted by molar-refractivity contribution is 5.99. The molecular weight excluding hydrogens is 570 g/mol. The van der Waals surface area contributed by atoms with Crippen molar-refractivity contribution in [3.8, 4) is 0 Å². The summed E-state index contributed by atoms with van der Waals surface area (Å²) in [5, 5.41) is 11.3. The number of benzene rings is 2. The number of amides is 5. The van der Waals surface area contributed by atoms with E-state index in [4.69, 9.17) is 0 Å². The Kier molecular flexibility index (Phi) is 12.1. The number of fused-ring (bicyclic) bond motifs is 18. The minimum absolute atomic E-state index is 0.0564. The van der Waals surface area contributed by atoms with Gasteiger partial charge < -0.3 is 26.2 Å². The molecule has 45 heavy (non-hydrogen) atoms.